The molecule has 0 rings (SSSR count). The first-order valence-corrected chi connectivity index (χ1v) is 17.6. The van der Waals surface area contributed by atoms with Gasteiger partial charge in [0.1, 0.15) is 50.6 Å². The zero-order valence-corrected chi connectivity index (χ0v) is 33.4. The predicted molar refractivity (Wildman–Crippen MR) is 241 cm³/mol. The van der Waals surface area contributed by atoms with E-state index in [-0.39, 0.29) is 50.2 Å². The molecule has 20 nitrogen and oxygen atoms in total. The fourth-order valence-electron chi connectivity index (χ4n) is 2.98. The van der Waals surface area contributed by atoms with Crippen molar-refractivity contribution < 1.29 is 59.0 Å². The number of nitrogens with two attached hydrogens (primary N) is 4. The summed E-state index contributed by atoms with van der Waals surface area (Å²) in [6.45, 7) is 16.4. The normalized spacial score (nSPS) is 10.9. The predicted octanol–water partition coefficient (Wildman–Crippen LogP) is 6.32. The van der Waals surface area contributed by atoms with Crippen molar-refractivity contribution >= 4 is 46.7 Å². The number of carboxylic acids is 4. The highest BCUT2D eigenvalue weighted by atomic mass is 16.6. The second-order valence-corrected chi connectivity index (χ2v) is 12.5. The lowest BCUT2D eigenvalue weighted by atomic mass is 10.1. The maximum absolute atomic E-state index is 10.4. The average molecular weight is 861 g/mol. The van der Waals surface area contributed by atoms with E-state index < -0.39 is 48.0 Å². The van der Waals surface area contributed by atoms with Crippen LogP contribution in [0, 0.1) is 0 Å². The van der Waals surface area contributed by atoms with Crippen molar-refractivity contribution in [2.75, 3.05) is 26.4 Å². The number of aliphatic carboxylic acids is 4. The van der Waals surface area contributed by atoms with Gasteiger partial charge in [0.2, 0.25) is 0 Å². The highest BCUT2D eigenvalue weighted by Gasteiger charge is 2.12. The van der Waals surface area contributed by atoms with Gasteiger partial charge in [0.15, 0.2) is 0 Å². The van der Waals surface area contributed by atoms with Gasteiger partial charge in [-0.2, -0.15) is 0 Å². The van der Waals surface area contributed by atoms with Crippen LogP contribution in [0.2, 0.25) is 0 Å². The second kappa shape index (κ2) is 51.6. The van der Waals surface area contributed by atoms with Crippen molar-refractivity contribution in [2.24, 2.45) is 43.6 Å². The Kier molecular flexibility index (Phi) is 66.0. The standard InChI is InChI=1S/C10H20N2O3.C9H18N2O3.C8H16N2O3.C7H14N2O3.5CH4/c1-8(2)12-15-7-5-3-4-6-9(11)10(13)14;1-7(2)11-14-6-4-3-5-8(10)9(12)13;1-6(2)10-13-5-3-4-7(9)8(11)12;1-5(2)9-12-4-3-6(8)7(10)11;;;;;/h9H,3-7,11H2,1-2H3,(H,13,14);8H,3-6,10H2,1-2H3,(H,12,13);7H,3-5,9H2,1-2H3,(H,11,12);6H,3-4,8H2,1-2H3,(H,10,11);5*1H4. The molecule has 0 saturated heterocycles. The number of nitrogens with zero attached hydrogens (tertiary/aromatic N) is 4. The molecule has 0 aromatic rings. The van der Waals surface area contributed by atoms with E-state index in [0.717, 1.165) is 55.0 Å². The zero-order chi connectivity index (χ0) is 42.5. The fourth-order valence-corrected chi connectivity index (χ4v) is 2.98. The molecule has 356 valence electrons. The summed E-state index contributed by atoms with van der Waals surface area (Å²) >= 11 is 0. The van der Waals surface area contributed by atoms with Gasteiger partial charge < -0.3 is 62.7 Å². The minimum absolute atomic E-state index is 0. The molecule has 0 amide bonds. The maximum Gasteiger partial charge on any atom is 0.320 e. The van der Waals surface area contributed by atoms with Gasteiger partial charge in [-0.3, -0.25) is 19.2 Å². The van der Waals surface area contributed by atoms with Crippen LogP contribution >= 0.6 is 0 Å². The highest BCUT2D eigenvalue weighted by Crippen LogP contribution is 2.03. The Labute approximate surface area is 356 Å². The Bertz CT molecular complexity index is 1120. The van der Waals surface area contributed by atoms with Gasteiger partial charge in [-0.25, -0.2) is 0 Å². The Morgan fingerprint density at radius 3 is 0.881 bits per heavy atom. The number of carboxylic acid groups (broad SMARTS) is 4. The Hall–Kier alpha value is -4.40. The van der Waals surface area contributed by atoms with E-state index in [1.807, 2.05) is 41.5 Å². The average Bonchev–Trinajstić information content (AvgIpc) is 3.07. The van der Waals surface area contributed by atoms with Crippen molar-refractivity contribution in [1.29, 1.82) is 0 Å². The quantitative estimate of drug-likeness (QED) is 0.0268. The minimum atomic E-state index is -1.02. The van der Waals surface area contributed by atoms with Crippen LogP contribution in [-0.2, 0) is 38.5 Å². The van der Waals surface area contributed by atoms with Gasteiger partial charge in [0, 0.05) is 6.42 Å². The molecule has 59 heavy (non-hydrogen) atoms. The van der Waals surface area contributed by atoms with Gasteiger partial charge in [-0.1, -0.05) is 64.2 Å². The zero-order valence-electron chi connectivity index (χ0n) is 33.4. The third-order valence-electron chi connectivity index (χ3n) is 5.78. The van der Waals surface area contributed by atoms with Gasteiger partial charge in [0.25, 0.3) is 0 Å². The molecule has 0 saturated carbocycles. The van der Waals surface area contributed by atoms with Crippen molar-refractivity contribution in [1.82, 2.24) is 0 Å². The Morgan fingerprint density at radius 1 is 0.373 bits per heavy atom. The van der Waals surface area contributed by atoms with E-state index in [9.17, 15) is 19.2 Å². The summed E-state index contributed by atoms with van der Waals surface area (Å²) in [5.41, 5.74) is 24.5. The van der Waals surface area contributed by atoms with Crippen molar-refractivity contribution in [3.8, 4) is 0 Å². The first kappa shape index (κ1) is 75.4. The molecule has 0 bridgehead atoms. The molecule has 0 aromatic carbocycles. The largest absolute Gasteiger partial charge is 0.480 e. The summed E-state index contributed by atoms with van der Waals surface area (Å²) in [5.74, 6) is -3.88. The number of oxime groups is 4. The lowest BCUT2D eigenvalue weighted by molar-refractivity contribution is -0.139. The van der Waals surface area contributed by atoms with E-state index >= 15 is 0 Å². The van der Waals surface area contributed by atoms with Crippen molar-refractivity contribution in [2.45, 2.75) is 181 Å². The minimum Gasteiger partial charge on any atom is -0.480 e. The molecule has 0 heterocycles. The first-order chi connectivity index (χ1) is 25.1. The van der Waals surface area contributed by atoms with Crippen LogP contribution in [0.3, 0.4) is 0 Å². The number of hydrogen-bond acceptors (Lipinski definition) is 16. The first-order valence-electron chi connectivity index (χ1n) is 17.6. The molecule has 0 aliphatic carbocycles. The SMILES string of the molecule is C.C.C.C.C.CC(C)=NOCCC(N)C(=O)O.CC(C)=NOCCCC(N)C(=O)O.CC(C)=NOCCCCC(N)C(=O)O.CC(C)=NOCCCCCC(N)C(=O)O. The smallest absolute Gasteiger partial charge is 0.320 e. The third kappa shape index (κ3) is 68.6. The van der Waals surface area contributed by atoms with Gasteiger partial charge in [0.05, 0.1) is 22.8 Å². The number of unbranched alkanes of at least 4 members (excludes halogenated alkanes) is 3. The molecular formula is C39H88N8O12. The molecule has 0 aromatic heterocycles. The highest BCUT2D eigenvalue weighted by molar-refractivity contribution is 5.79. The molecule has 0 spiro atoms. The topological polar surface area (TPSA) is 340 Å². The number of rotatable bonds is 26. The number of carbonyl (C=O) groups is 4. The molecule has 0 fully saturated rings. The van der Waals surface area contributed by atoms with Crippen LogP contribution in [0.15, 0.2) is 20.6 Å². The van der Waals surface area contributed by atoms with Gasteiger partial charge in [-0.15, -0.1) is 0 Å². The molecule has 20 heteroatoms. The fraction of sp³-hybridized carbons (Fsp3) is 0.795. The molecule has 0 aliphatic rings. The molecule has 0 radical (unpaired) electrons. The Balaban J connectivity index is -0.0000000787. The number of hydrogen-bond donors (Lipinski definition) is 8. The molecule has 4 atom stereocenters. The lowest BCUT2D eigenvalue weighted by Crippen LogP contribution is -2.31. The second-order valence-electron chi connectivity index (χ2n) is 12.5. The van der Waals surface area contributed by atoms with E-state index in [2.05, 4.69) is 20.6 Å². The van der Waals surface area contributed by atoms with E-state index in [1.165, 1.54) is 0 Å². The van der Waals surface area contributed by atoms with E-state index in [4.69, 9.17) is 62.7 Å². The molecule has 4 unspecified atom stereocenters. The lowest BCUT2D eigenvalue weighted by Gasteiger charge is -2.05. The summed E-state index contributed by atoms with van der Waals surface area (Å²) in [5, 5.41) is 48.7. The molecule has 0 aliphatic heterocycles. The van der Waals surface area contributed by atoms with Crippen LogP contribution in [0.4, 0.5) is 0 Å². The molecule has 12 N–H and O–H groups in total. The van der Waals surface area contributed by atoms with Gasteiger partial charge >= 0.3 is 23.9 Å². The summed E-state index contributed by atoms with van der Waals surface area (Å²) in [4.78, 5) is 60.7. The van der Waals surface area contributed by atoms with Crippen molar-refractivity contribution in [3.05, 3.63) is 0 Å². The van der Waals surface area contributed by atoms with E-state index in [1.54, 1.807) is 13.8 Å². The summed E-state index contributed by atoms with van der Waals surface area (Å²) < 4.78 is 0. The third-order valence-corrected chi connectivity index (χ3v) is 5.78. The summed E-state index contributed by atoms with van der Waals surface area (Å²) in [7, 11) is 0. The van der Waals surface area contributed by atoms with Crippen molar-refractivity contribution in [3.63, 3.8) is 0 Å². The van der Waals surface area contributed by atoms with Crippen LogP contribution < -0.4 is 22.9 Å². The monoisotopic (exact) mass is 861 g/mol. The van der Waals surface area contributed by atoms with Crippen LogP contribution in [0.5, 0.6) is 0 Å². The summed E-state index contributed by atoms with van der Waals surface area (Å²) in [6.07, 6.45) is 6.40. The van der Waals surface area contributed by atoms with E-state index in [0.29, 0.717) is 45.5 Å². The van der Waals surface area contributed by atoms with Crippen LogP contribution in [0.25, 0.3) is 0 Å². The summed E-state index contributed by atoms with van der Waals surface area (Å²) in [6, 6.07) is -3.15. The van der Waals surface area contributed by atoms with Crippen LogP contribution in [0.1, 0.15) is 157 Å². The van der Waals surface area contributed by atoms with Gasteiger partial charge in [-0.05, 0) is 107 Å². The molecular weight excluding hydrogens is 772 g/mol. The van der Waals surface area contributed by atoms with Crippen LogP contribution in [-0.4, -0.2) is 118 Å². The Morgan fingerprint density at radius 2 is 0.593 bits per heavy atom. The maximum atomic E-state index is 10.4.